The summed E-state index contributed by atoms with van der Waals surface area (Å²) in [5, 5.41) is 6.19. The summed E-state index contributed by atoms with van der Waals surface area (Å²) in [4.78, 5) is 4.27. The molecule has 1 nitrogen and oxygen atoms in total. The normalized spacial score (nSPS) is 12.4. The molecule has 0 aliphatic rings. The van der Waals surface area contributed by atoms with Gasteiger partial charge in [0.2, 0.25) is 0 Å². The van der Waals surface area contributed by atoms with Crippen LogP contribution < -0.4 is 5.22 Å². The molecular formula is C16H13N. The first kappa shape index (κ1) is 10.0. The molecule has 0 bridgehead atoms. The molecule has 0 aliphatic carbocycles. The van der Waals surface area contributed by atoms with Gasteiger partial charge in [0.25, 0.3) is 0 Å². The Morgan fingerprint density at radius 2 is 1.71 bits per heavy atom. The van der Waals surface area contributed by atoms with E-state index in [0.717, 1.165) is 0 Å². The van der Waals surface area contributed by atoms with Gasteiger partial charge >= 0.3 is 0 Å². The van der Waals surface area contributed by atoms with Crippen LogP contribution in [0.1, 0.15) is 12.5 Å². The van der Waals surface area contributed by atoms with E-state index in [4.69, 9.17) is 0 Å². The van der Waals surface area contributed by atoms with Crippen molar-refractivity contribution in [3.63, 3.8) is 0 Å². The third kappa shape index (κ3) is 1.36. The van der Waals surface area contributed by atoms with Gasteiger partial charge < -0.3 is 0 Å². The van der Waals surface area contributed by atoms with Crippen LogP contribution in [0.15, 0.2) is 43.2 Å². The fourth-order valence-corrected chi connectivity index (χ4v) is 2.43. The van der Waals surface area contributed by atoms with E-state index in [0.29, 0.717) is 0 Å². The predicted molar refractivity (Wildman–Crippen MR) is 74.7 cm³/mol. The van der Waals surface area contributed by atoms with Crippen LogP contribution in [-0.2, 0) is 0 Å². The predicted octanol–water partition coefficient (Wildman–Crippen LogP) is 3.55. The average molecular weight is 219 g/mol. The SMILES string of the molecule is C=Cc1ccc2cncc3cc/c(=C/C)c1c23. The van der Waals surface area contributed by atoms with Crippen LogP contribution in [0.5, 0.6) is 0 Å². The minimum absolute atomic E-state index is 1.18. The zero-order valence-electron chi connectivity index (χ0n) is 9.77. The third-order valence-electron chi connectivity index (χ3n) is 3.25. The van der Waals surface area contributed by atoms with Crippen molar-refractivity contribution >= 4 is 33.7 Å². The lowest BCUT2D eigenvalue weighted by atomic mass is 9.97. The van der Waals surface area contributed by atoms with Crippen LogP contribution in [0.25, 0.3) is 33.7 Å². The van der Waals surface area contributed by atoms with Crippen LogP contribution >= 0.6 is 0 Å². The van der Waals surface area contributed by atoms with Gasteiger partial charge in [-0.2, -0.15) is 0 Å². The fraction of sp³-hybridized carbons (Fsp3) is 0.0625. The molecule has 0 radical (unpaired) electrons. The van der Waals surface area contributed by atoms with E-state index < -0.39 is 0 Å². The Morgan fingerprint density at radius 1 is 1.00 bits per heavy atom. The Morgan fingerprint density at radius 3 is 2.35 bits per heavy atom. The highest BCUT2D eigenvalue weighted by Gasteiger charge is 2.05. The molecule has 1 heteroatoms. The molecule has 3 aromatic rings. The van der Waals surface area contributed by atoms with E-state index in [9.17, 15) is 0 Å². The topological polar surface area (TPSA) is 12.9 Å². The lowest BCUT2D eigenvalue weighted by Crippen LogP contribution is -2.03. The summed E-state index contributed by atoms with van der Waals surface area (Å²) in [5.41, 5.74) is 1.18. The standard InChI is InChI=1S/C16H13N/c1-3-11-5-7-13-9-17-10-14-8-6-12(4-2)15(11)16(13)14/h3-10H,1H2,2H3/b12-4-. The molecule has 0 N–H and O–H groups in total. The molecule has 0 unspecified atom stereocenters. The maximum absolute atomic E-state index is 4.27. The van der Waals surface area contributed by atoms with Crippen LogP contribution in [0.2, 0.25) is 0 Å². The summed E-state index contributed by atoms with van der Waals surface area (Å²) < 4.78 is 0. The highest BCUT2D eigenvalue weighted by Crippen LogP contribution is 2.26. The second-order valence-corrected chi connectivity index (χ2v) is 4.14. The smallest absolute Gasteiger partial charge is 0.0347 e. The number of pyridine rings is 1. The van der Waals surface area contributed by atoms with Crippen molar-refractivity contribution in [1.82, 2.24) is 4.98 Å². The molecule has 0 atom stereocenters. The van der Waals surface area contributed by atoms with Crippen molar-refractivity contribution < 1.29 is 0 Å². The van der Waals surface area contributed by atoms with Crippen molar-refractivity contribution in [1.29, 1.82) is 0 Å². The Balaban J connectivity index is 2.74. The molecule has 0 saturated heterocycles. The van der Waals surface area contributed by atoms with Gasteiger partial charge in [-0.15, -0.1) is 0 Å². The Bertz CT molecular complexity index is 753. The van der Waals surface area contributed by atoms with Gasteiger partial charge in [-0.1, -0.05) is 43.0 Å². The highest BCUT2D eigenvalue weighted by molar-refractivity contribution is 6.12. The van der Waals surface area contributed by atoms with Crippen molar-refractivity contribution in [2.75, 3.05) is 0 Å². The first-order valence-electron chi connectivity index (χ1n) is 5.73. The maximum Gasteiger partial charge on any atom is 0.0347 e. The van der Waals surface area contributed by atoms with Crippen LogP contribution in [0.3, 0.4) is 0 Å². The molecule has 0 aliphatic heterocycles. The number of hydrogen-bond donors (Lipinski definition) is 0. The van der Waals surface area contributed by atoms with Gasteiger partial charge in [-0.3, -0.25) is 4.98 Å². The number of nitrogens with zero attached hydrogens (tertiary/aromatic N) is 1. The maximum atomic E-state index is 4.27. The number of aromatic nitrogens is 1. The second kappa shape index (κ2) is 3.70. The average Bonchev–Trinajstić information content (AvgIpc) is 2.40. The number of benzene rings is 2. The molecule has 17 heavy (non-hydrogen) atoms. The van der Waals surface area contributed by atoms with E-state index in [1.165, 1.54) is 32.3 Å². The van der Waals surface area contributed by atoms with Crippen LogP contribution in [-0.4, -0.2) is 4.98 Å². The summed E-state index contributed by atoms with van der Waals surface area (Å²) in [7, 11) is 0. The minimum Gasteiger partial charge on any atom is -0.263 e. The molecule has 2 aromatic carbocycles. The fourth-order valence-electron chi connectivity index (χ4n) is 2.43. The first-order valence-corrected chi connectivity index (χ1v) is 5.73. The summed E-state index contributed by atoms with van der Waals surface area (Å²) in [6, 6.07) is 8.49. The van der Waals surface area contributed by atoms with Crippen molar-refractivity contribution in [3.05, 3.63) is 54.0 Å². The summed E-state index contributed by atoms with van der Waals surface area (Å²) in [5.74, 6) is 0. The minimum atomic E-state index is 1.18. The van der Waals surface area contributed by atoms with Gasteiger partial charge in [0, 0.05) is 28.6 Å². The monoisotopic (exact) mass is 219 g/mol. The molecule has 0 spiro atoms. The molecule has 1 heterocycles. The molecule has 0 amide bonds. The molecule has 1 aromatic heterocycles. The highest BCUT2D eigenvalue weighted by atomic mass is 14.6. The molecule has 0 fully saturated rings. The number of rotatable bonds is 1. The second-order valence-electron chi connectivity index (χ2n) is 4.14. The van der Waals surface area contributed by atoms with Gasteiger partial charge in [-0.25, -0.2) is 0 Å². The summed E-state index contributed by atoms with van der Waals surface area (Å²) >= 11 is 0. The van der Waals surface area contributed by atoms with Crippen LogP contribution in [0, 0.1) is 0 Å². The number of hydrogen-bond acceptors (Lipinski definition) is 1. The van der Waals surface area contributed by atoms with E-state index in [1.807, 2.05) is 18.5 Å². The van der Waals surface area contributed by atoms with E-state index in [2.05, 4.69) is 48.8 Å². The largest absolute Gasteiger partial charge is 0.263 e. The molecule has 3 rings (SSSR count). The lowest BCUT2D eigenvalue weighted by molar-refractivity contribution is 1.38. The zero-order chi connectivity index (χ0) is 11.8. The van der Waals surface area contributed by atoms with Crippen molar-refractivity contribution in [3.8, 4) is 0 Å². The van der Waals surface area contributed by atoms with Gasteiger partial charge in [0.15, 0.2) is 0 Å². The van der Waals surface area contributed by atoms with E-state index in [1.54, 1.807) is 0 Å². The molecule has 82 valence electrons. The Labute approximate surface area is 100 Å². The molecule has 0 saturated carbocycles. The first-order chi connectivity index (χ1) is 8.35. The van der Waals surface area contributed by atoms with E-state index in [-0.39, 0.29) is 0 Å². The summed E-state index contributed by atoms with van der Waals surface area (Å²) in [6.45, 7) is 5.97. The lowest BCUT2D eigenvalue weighted by Gasteiger charge is -2.08. The quantitative estimate of drug-likeness (QED) is 0.610. The van der Waals surface area contributed by atoms with Gasteiger partial charge in [-0.05, 0) is 23.1 Å². The Hall–Kier alpha value is -2.15. The van der Waals surface area contributed by atoms with Crippen molar-refractivity contribution in [2.45, 2.75) is 6.92 Å². The van der Waals surface area contributed by atoms with Crippen LogP contribution in [0.4, 0.5) is 0 Å². The third-order valence-corrected chi connectivity index (χ3v) is 3.25. The van der Waals surface area contributed by atoms with Gasteiger partial charge in [0.1, 0.15) is 0 Å². The van der Waals surface area contributed by atoms with E-state index >= 15 is 0 Å². The van der Waals surface area contributed by atoms with Crippen molar-refractivity contribution in [2.24, 2.45) is 0 Å². The summed E-state index contributed by atoms with van der Waals surface area (Å²) in [6.07, 6.45) is 7.90. The zero-order valence-corrected chi connectivity index (χ0v) is 9.77. The Kier molecular flexibility index (Phi) is 2.19. The molecular weight excluding hydrogens is 206 g/mol. The van der Waals surface area contributed by atoms with Gasteiger partial charge in [0.05, 0.1) is 0 Å².